The van der Waals surface area contributed by atoms with E-state index < -0.39 is 11.5 Å². The van der Waals surface area contributed by atoms with Crippen LogP contribution >= 0.6 is 45.8 Å². The first kappa shape index (κ1) is 30.4. The van der Waals surface area contributed by atoms with Gasteiger partial charge in [0.25, 0.3) is 11.5 Å². The minimum absolute atomic E-state index is 0.0572. The van der Waals surface area contributed by atoms with Crippen LogP contribution in [-0.4, -0.2) is 30.4 Å². The number of ether oxygens (including phenoxy) is 3. The molecule has 0 radical (unpaired) electrons. The standard InChI is InChI=1S/C27H25Cl2IN4O5/c1-4-38-24-10-18(9-23(30)26(24)39-14-17-5-6-21(28)22(29)8-17)12-32-33-25(35)13-34-16(2)7-19(15-37-3)20(11-31)27(34)36/h5-10,12H,4,13-15H2,1-3H3,(H,33,35)/b32-12-. The molecule has 39 heavy (non-hydrogen) atoms. The van der Waals surface area contributed by atoms with Gasteiger partial charge in [0.1, 0.15) is 24.8 Å². The third-order valence-electron chi connectivity index (χ3n) is 5.40. The molecule has 0 aliphatic rings. The van der Waals surface area contributed by atoms with Crippen molar-refractivity contribution in [1.82, 2.24) is 9.99 Å². The zero-order valence-corrected chi connectivity index (χ0v) is 25.1. The number of rotatable bonds is 11. The fraction of sp³-hybridized carbons (Fsp3) is 0.259. The first-order valence-corrected chi connectivity index (χ1v) is 13.5. The molecular weight excluding hydrogens is 658 g/mol. The number of nitrogens with zero attached hydrogens (tertiary/aromatic N) is 3. The van der Waals surface area contributed by atoms with Gasteiger partial charge in [0.05, 0.1) is 33.0 Å². The van der Waals surface area contributed by atoms with Crippen molar-refractivity contribution >= 4 is 57.9 Å². The van der Waals surface area contributed by atoms with Crippen LogP contribution in [0.3, 0.4) is 0 Å². The average molecular weight is 683 g/mol. The number of halogens is 3. The smallest absolute Gasteiger partial charge is 0.269 e. The minimum atomic E-state index is -0.559. The number of carbonyl (C=O) groups excluding carboxylic acids is 1. The number of hydrogen-bond donors (Lipinski definition) is 1. The second-order valence-electron chi connectivity index (χ2n) is 8.22. The second kappa shape index (κ2) is 14.3. The highest BCUT2D eigenvalue weighted by Crippen LogP contribution is 2.35. The predicted molar refractivity (Wildman–Crippen MR) is 158 cm³/mol. The number of hydrazone groups is 1. The first-order valence-electron chi connectivity index (χ1n) is 11.7. The number of carbonyl (C=O) groups is 1. The summed E-state index contributed by atoms with van der Waals surface area (Å²) >= 11 is 14.2. The molecule has 12 heteroatoms. The van der Waals surface area contributed by atoms with Crippen LogP contribution in [0.25, 0.3) is 0 Å². The van der Waals surface area contributed by atoms with E-state index in [0.717, 1.165) is 9.13 Å². The van der Waals surface area contributed by atoms with Crippen LogP contribution in [0.2, 0.25) is 10.0 Å². The highest BCUT2D eigenvalue weighted by Gasteiger charge is 2.15. The molecule has 0 aliphatic carbocycles. The molecular formula is C27H25Cl2IN4O5. The number of pyridine rings is 1. The minimum Gasteiger partial charge on any atom is -0.490 e. The number of aryl methyl sites for hydroxylation is 1. The van der Waals surface area contributed by atoms with Crippen LogP contribution in [0.15, 0.2) is 46.3 Å². The van der Waals surface area contributed by atoms with Gasteiger partial charge in [-0.2, -0.15) is 10.4 Å². The Morgan fingerprint density at radius 1 is 1.18 bits per heavy atom. The Bertz CT molecular complexity index is 1500. The molecule has 1 amide bonds. The van der Waals surface area contributed by atoms with Gasteiger partial charge < -0.3 is 18.8 Å². The van der Waals surface area contributed by atoms with E-state index in [2.05, 4.69) is 33.1 Å². The number of nitriles is 1. The lowest BCUT2D eigenvalue weighted by Gasteiger charge is -2.15. The Kier molecular flexibility index (Phi) is 11.2. The Hall–Kier alpha value is -3.11. The van der Waals surface area contributed by atoms with Crippen molar-refractivity contribution in [2.24, 2.45) is 5.10 Å². The molecule has 0 fully saturated rings. The Morgan fingerprint density at radius 3 is 2.62 bits per heavy atom. The van der Waals surface area contributed by atoms with Crippen molar-refractivity contribution in [3.63, 3.8) is 0 Å². The second-order valence-corrected chi connectivity index (χ2v) is 10.2. The highest BCUT2D eigenvalue weighted by atomic mass is 127. The zero-order valence-electron chi connectivity index (χ0n) is 21.4. The molecule has 204 valence electrons. The topological polar surface area (TPSA) is 115 Å². The maximum atomic E-state index is 12.7. The van der Waals surface area contributed by atoms with Crippen LogP contribution in [0.1, 0.15) is 34.9 Å². The molecule has 0 saturated heterocycles. The van der Waals surface area contributed by atoms with E-state index >= 15 is 0 Å². The maximum absolute atomic E-state index is 12.7. The zero-order chi connectivity index (χ0) is 28.5. The molecule has 1 heterocycles. The largest absolute Gasteiger partial charge is 0.490 e. The highest BCUT2D eigenvalue weighted by molar-refractivity contribution is 14.1. The summed E-state index contributed by atoms with van der Waals surface area (Å²) in [6.45, 7) is 4.04. The summed E-state index contributed by atoms with van der Waals surface area (Å²) in [6.07, 6.45) is 1.46. The summed E-state index contributed by atoms with van der Waals surface area (Å²) < 4.78 is 18.8. The summed E-state index contributed by atoms with van der Waals surface area (Å²) in [5, 5.41) is 14.3. The van der Waals surface area contributed by atoms with Crippen molar-refractivity contribution < 1.29 is 19.0 Å². The monoisotopic (exact) mass is 682 g/mol. The average Bonchev–Trinajstić information content (AvgIpc) is 2.88. The third kappa shape index (κ3) is 7.95. The van der Waals surface area contributed by atoms with E-state index in [1.165, 1.54) is 17.9 Å². The van der Waals surface area contributed by atoms with E-state index in [-0.39, 0.29) is 25.3 Å². The Morgan fingerprint density at radius 2 is 1.95 bits per heavy atom. The molecule has 3 aromatic rings. The van der Waals surface area contributed by atoms with Gasteiger partial charge in [-0.15, -0.1) is 0 Å². The van der Waals surface area contributed by atoms with Crippen LogP contribution in [0.5, 0.6) is 11.5 Å². The number of nitrogens with one attached hydrogen (secondary N) is 1. The molecule has 1 N–H and O–H groups in total. The van der Waals surface area contributed by atoms with E-state index in [1.807, 2.05) is 25.1 Å². The van der Waals surface area contributed by atoms with Crippen molar-refractivity contribution in [2.75, 3.05) is 13.7 Å². The molecule has 9 nitrogen and oxygen atoms in total. The molecule has 0 spiro atoms. The molecule has 0 unspecified atom stereocenters. The van der Waals surface area contributed by atoms with Gasteiger partial charge in [0.15, 0.2) is 11.5 Å². The number of amides is 1. The van der Waals surface area contributed by atoms with Gasteiger partial charge in [-0.25, -0.2) is 5.43 Å². The maximum Gasteiger partial charge on any atom is 0.269 e. The number of aromatic nitrogens is 1. The summed E-state index contributed by atoms with van der Waals surface area (Å²) in [6, 6.07) is 12.4. The van der Waals surface area contributed by atoms with E-state index in [9.17, 15) is 14.9 Å². The van der Waals surface area contributed by atoms with Gasteiger partial charge in [0, 0.05) is 18.4 Å². The summed E-state index contributed by atoms with van der Waals surface area (Å²) in [4.78, 5) is 25.2. The van der Waals surface area contributed by atoms with Crippen LogP contribution in [-0.2, 0) is 29.3 Å². The Labute approximate surface area is 249 Å². The third-order valence-corrected chi connectivity index (χ3v) is 6.94. The molecule has 3 rings (SSSR count). The van der Waals surface area contributed by atoms with Gasteiger partial charge in [-0.1, -0.05) is 29.3 Å². The summed E-state index contributed by atoms with van der Waals surface area (Å²) in [7, 11) is 1.48. The normalized spacial score (nSPS) is 10.9. The number of hydrogen-bond acceptors (Lipinski definition) is 7. The fourth-order valence-electron chi connectivity index (χ4n) is 3.63. The number of methoxy groups -OCH3 is 1. The van der Waals surface area contributed by atoms with Crippen molar-refractivity contribution in [3.05, 3.63) is 88.3 Å². The van der Waals surface area contributed by atoms with Gasteiger partial charge >= 0.3 is 0 Å². The SMILES string of the molecule is CCOc1cc(/C=N\NC(=O)Cn2c(C)cc(COC)c(C#N)c2=O)cc(I)c1OCc1ccc(Cl)c(Cl)c1. The lowest BCUT2D eigenvalue weighted by Crippen LogP contribution is -2.33. The molecule has 0 saturated carbocycles. The van der Waals surface area contributed by atoms with Crippen LogP contribution in [0.4, 0.5) is 0 Å². The number of benzene rings is 2. The van der Waals surface area contributed by atoms with Crippen molar-refractivity contribution in [1.29, 1.82) is 5.26 Å². The van der Waals surface area contributed by atoms with Gasteiger partial charge in [-0.05, 0) is 77.9 Å². The van der Waals surface area contributed by atoms with E-state index in [0.29, 0.717) is 45.0 Å². The van der Waals surface area contributed by atoms with E-state index in [1.54, 1.807) is 31.2 Å². The fourth-order valence-corrected chi connectivity index (χ4v) is 4.73. The van der Waals surface area contributed by atoms with E-state index in [4.69, 9.17) is 37.4 Å². The molecule has 0 atom stereocenters. The van der Waals surface area contributed by atoms with Crippen LogP contribution in [0, 0.1) is 21.8 Å². The lowest BCUT2D eigenvalue weighted by atomic mass is 10.1. The van der Waals surface area contributed by atoms with Gasteiger partial charge in [-0.3, -0.25) is 9.59 Å². The Balaban J connectivity index is 1.72. The molecule has 0 aliphatic heterocycles. The van der Waals surface area contributed by atoms with Crippen LogP contribution < -0.4 is 20.5 Å². The van der Waals surface area contributed by atoms with Crippen molar-refractivity contribution in [3.8, 4) is 17.6 Å². The molecule has 0 bridgehead atoms. The quantitative estimate of drug-likeness (QED) is 0.169. The molecule has 2 aromatic carbocycles. The summed E-state index contributed by atoms with van der Waals surface area (Å²) in [5.74, 6) is 0.547. The first-order chi connectivity index (χ1) is 18.7. The van der Waals surface area contributed by atoms with Crippen molar-refractivity contribution in [2.45, 2.75) is 33.6 Å². The molecule has 1 aromatic heterocycles. The van der Waals surface area contributed by atoms with Gasteiger partial charge in [0.2, 0.25) is 0 Å². The predicted octanol–water partition coefficient (Wildman–Crippen LogP) is 5.21. The lowest BCUT2D eigenvalue weighted by molar-refractivity contribution is -0.121. The summed E-state index contributed by atoms with van der Waals surface area (Å²) in [5.41, 5.74) is 4.31.